The van der Waals surface area contributed by atoms with Gasteiger partial charge in [-0.3, -0.25) is 19.6 Å². The molecule has 1 aromatic carbocycles. The Morgan fingerprint density at radius 3 is 2.48 bits per heavy atom. The van der Waals surface area contributed by atoms with Crippen molar-refractivity contribution in [2.75, 3.05) is 52.9 Å². The highest BCUT2D eigenvalue weighted by molar-refractivity contribution is 14.0. The molecule has 2 fully saturated rings. The largest absolute Gasteiger partial charge is 0.355 e. The van der Waals surface area contributed by atoms with E-state index in [2.05, 4.69) is 60.7 Å². The van der Waals surface area contributed by atoms with Gasteiger partial charge >= 0.3 is 0 Å². The highest BCUT2D eigenvalue weighted by Crippen LogP contribution is 2.19. The summed E-state index contributed by atoms with van der Waals surface area (Å²) in [6, 6.07) is 11.5. The number of amides is 1. The number of benzene rings is 1. The Morgan fingerprint density at radius 2 is 1.84 bits per heavy atom. The summed E-state index contributed by atoms with van der Waals surface area (Å²) in [7, 11) is 1.86. The van der Waals surface area contributed by atoms with Crippen molar-refractivity contribution in [3.63, 3.8) is 0 Å². The Morgan fingerprint density at radius 1 is 1.13 bits per heavy atom. The molecule has 0 aromatic heterocycles. The summed E-state index contributed by atoms with van der Waals surface area (Å²) in [5.41, 5.74) is 1.38. The van der Waals surface area contributed by atoms with Gasteiger partial charge in [0.25, 0.3) is 0 Å². The second kappa shape index (κ2) is 13.2. The van der Waals surface area contributed by atoms with Crippen LogP contribution >= 0.6 is 24.0 Å². The van der Waals surface area contributed by atoms with E-state index in [0.29, 0.717) is 12.6 Å². The fraction of sp³-hybridized carbons (Fsp3) is 0.652. The molecule has 2 aliphatic rings. The molecule has 1 aromatic rings. The van der Waals surface area contributed by atoms with Crippen LogP contribution in [0.5, 0.6) is 0 Å². The summed E-state index contributed by atoms with van der Waals surface area (Å²) in [6.45, 7) is 11.1. The maximum atomic E-state index is 12.0. The second-order valence-electron chi connectivity index (χ2n) is 8.67. The smallest absolute Gasteiger partial charge is 0.234 e. The molecule has 0 spiro atoms. The van der Waals surface area contributed by atoms with Crippen LogP contribution < -0.4 is 10.6 Å². The first-order valence-electron chi connectivity index (χ1n) is 11.3. The van der Waals surface area contributed by atoms with E-state index in [0.717, 1.165) is 51.8 Å². The molecule has 2 N–H and O–H groups in total. The van der Waals surface area contributed by atoms with Crippen molar-refractivity contribution in [1.82, 2.24) is 25.3 Å². The number of nitrogens with one attached hydrogen (secondary N) is 2. The summed E-state index contributed by atoms with van der Waals surface area (Å²) in [5.74, 6) is 1.09. The molecule has 2 aliphatic heterocycles. The number of carbonyl (C=O) groups is 1. The lowest BCUT2D eigenvalue weighted by atomic mass is 10.2. The number of halogens is 1. The molecule has 0 bridgehead atoms. The monoisotopic (exact) mass is 542 g/mol. The predicted octanol–water partition coefficient (Wildman–Crippen LogP) is 1.99. The number of likely N-dealkylation sites (tertiary alicyclic amines) is 1. The molecular formula is C23H39IN6O. The number of hydrogen-bond acceptors (Lipinski definition) is 4. The van der Waals surface area contributed by atoms with Crippen molar-refractivity contribution < 1.29 is 4.79 Å². The molecule has 174 valence electrons. The predicted molar refractivity (Wildman–Crippen MR) is 138 cm³/mol. The molecule has 8 heteroatoms. The topological polar surface area (TPSA) is 63.2 Å². The minimum absolute atomic E-state index is 0. The highest BCUT2D eigenvalue weighted by Gasteiger charge is 2.26. The molecule has 1 amide bonds. The molecule has 1 atom stereocenters. The van der Waals surface area contributed by atoms with E-state index in [-0.39, 0.29) is 35.9 Å². The van der Waals surface area contributed by atoms with Gasteiger partial charge in [0.05, 0.1) is 6.54 Å². The number of aliphatic imine (C=N–C) groups is 1. The van der Waals surface area contributed by atoms with Gasteiger partial charge in [0, 0.05) is 58.4 Å². The van der Waals surface area contributed by atoms with Gasteiger partial charge in [0.2, 0.25) is 5.91 Å². The first kappa shape index (κ1) is 25.9. The molecular weight excluding hydrogens is 503 g/mol. The van der Waals surface area contributed by atoms with Crippen molar-refractivity contribution in [3.8, 4) is 0 Å². The summed E-state index contributed by atoms with van der Waals surface area (Å²) in [6.07, 6.45) is 2.49. The summed E-state index contributed by atoms with van der Waals surface area (Å²) in [4.78, 5) is 23.6. The van der Waals surface area contributed by atoms with E-state index >= 15 is 0 Å². The third-order valence-corrected chi connectivity index (χ3v) is 5.92. The van der Waals surface area contributed by atoms with Crippen molar-refractivity contribution in [3.05, 3.63) is 35.9 Å². The van der Waals surface area contributed by atoms with Gasteiger partial charge in [-0.25, -0.2) is 0 Å². The van der Waals surface area contributed by atoms with Crippen LogP contribution in [-0.2, 0) is 11.3 Å². The van der Waals surface area contributed by atoms with E-state index < -0.39 is 0 Å². The molecule has 7 nitrogen and oxygen atoms in total. The summed E-state index contributed by atoms with van der Waals surface area (Å²) >= 11 is 0. The van der Waals surface area contributed by atoms with E-state index in [1.54, 1.807) is 0 Å². The van der Waals surface area contributed by atoms with E-state index in [1.165, 1.54) is 18.4 Å². The first-order chi connectivity index (χ1) is 14.5. The van der Waals surface area contributed by atoms with Crippen molar-refractivity contribution in [2.45, 2.75) is 45.3 Å². The van der Waals surface area contributed by atoms with Gasteiger partial charge in [-0.1, -0.05) is 30.3 Å². The third kappa shape index (κ3) is 8.23. The van der Waals surface area contributed by atoms with Crippen LogP contribution in [-0.4, -0.2) is 91.5 Å². The van der Waals surface area contributed by atoms with Crippen molar-refractivity contribution in [2.24, 2.45) is 4.99 Å². The molecule has 2 heterocycles. The van der Waals surface area contributed by atoms with Crippen LogP contribution in [0.1, 0.15) is 32.3 Å². The Bertz CT molecular complexity index is 691. The lowest BCUT2D eigenvalue weighted by molar-refractivity contribution is -0.123. The fourth-order valence-electron chi connectivity index (χ4n) is 4.38. The minimum Gasteiger partial charge on any atom is -0.355 e. The van der Waals surface area contributed by atoms with Gasteiger partial charge < -0.3 is 15.5 Å². The summed E-state index contributed by atoms with van der Waals surface area (Å²) < 4.78 is 0. The first-order valence-corrected chi connectivity index (χ1v) is 11.3. The zero-order valence-corrected chi connectivity index (χ0v) is 21.5. The normalized spacial score (nSPS) is 20.6. The molecule has 1 unspecified atom stereocenters. The quantitative estimate of drug-likeness (QED) is 0.314. The van der Waals surface area contributed by atoms with Gasteiger partial charge in [-0.05, 0) is 38.8 Å². The Labute approximate surface area is 204 Å². The van der Waals surface area contributed by atoms with E-state index in [4.69, 9.17) is 0 Å². The SMILES string of the molecule is CN=C(NCC1CCCN1Cc1ccccc1)N1CCN(CC(=O)NC(C)C)CC1.I. The van der Waals surface area contributed by atoms with Crippen LogP contribution in [0.15, 0.2) is 35.3 Å². The van der Waals surface area contributed by atoms with Crippen molar-refractivity contribution in [1.29, 1.82) is 0 Å². The number of piperazine rings is 1. The second-order valence-corrected chi connectivity index (χ2v) is 8.67. The van der Waals surface area contributed by atoms with Gasteiger partial charge in [0.15, 0.2) is 5.96 Å². The zero-order chi connectivity index (χ0) is 21.3. The Balaban J connectivity index is 0.00000341. The summed E-state index contributed by atoms with van der Waals surface area (Å²) in [5, 5.41) is 6.59. The lowest BCUT2D eigenvalue weighted by Gasteiger charge is -2.36. The lowest BCUT2D eigenvalue weighted by Crippen LogP contribution is -2.55. The standard InChI is InChI=1S/C23H38N6O.HI/c1-19(2)26-22(30)18-27-12-14-28(15-13-27)23(24-3)25-16-21-10-7-11-29(21)17-20-8-5-4-6-9-20;/h4-6,8-9,19,21H,7,10-18H2,1-3H3,(H,24,25)(H,26,30);1H. The number of rotatable bonds is 7. The average molecular weight is 543 g/mol. The molecule has 0 saturated carbocycles. The Hall–Kier alpha value is -1.39. The molecule has 3 rings (SSSR count). The maximum absolute atomic E-state index is 12.0. The van der Waals surface area contributed by atoms with Crippen LogP contribution in [0, 0.1) is 0 Å². The number of guanidine groups is 1. The average Bonchev–Trinajstić information content (AvgIpc) is 3.16. The number of carbonyl (C=O) groups excluding carboxylic acids is 1. The minimum atomic E-state index is 0. The third-order valence-electron chi connectivity index (χ3n) is 5.92. The van der Waals surface area contributed by atoms with Gasteiger partial charge in [0.1, 0.15) is 0 Å². The number of hydrogen-bond donors (Lipinski definition) is 2. The van der Waals surface area contributed by atoms with Crippen molar-refractivity contribution >= 4 is 35.8 Å². The zero-order valence-electron chi connectivity index (χ0n) is 19.2. The van der Waals surface area contributed by atoms with Crippen LogP contribution in [0.2, 0.25) is 0 Å². The van der Waals surface area contributed by atoms with Crippen LogP contribution in [0.25, 0.3) is 0 Å². The molecule has 2 saturated heterocycles. The molecule has 31 heavy (non-hydrogen) atoms. The Kier molecular flexibility index (Phi) is 11.0. The van der Waals surface area contributed by atoms with Crippen LogP contribution in [0.3, 0.4) is 0 Å². The molecule has 0 aliphatic carbocycles. The number of nitrogens with zero attached hydrogens (tertiary/aromatic N) is 4. The fourth-order valence-corrected chi connectivity index (χ4v) is 4.38. The van der Waals surface area contributed by atoms with E-state index in [1.807, 2.05) is 20.9 Å². The van der Waals surface area contributed by atoms with Crippen LogP contribution in [0.4, 0.5) is 0 Å². The highest BCUT2D eigenvalue weighted by atomic mass is 127. The van der Waals surface area contributed by atoms with Gasteiger partial charge in [-0.15, -0.1) is 24.0 Å². The van der Waals surface area contributed by atoms with Gasteiger partial charge in [-0.2, -0.15) is 0 Å². The maximum Gasteiger partial charge on any atom is 0.234 e. The molecule has 0 radical (unpaired) electrons. The van der Waals surface area contributed by atoms with E-state index in [9.17, 15) is 4.79 Å².